The zero-order valence-corrected chi connectivity index (χ0v) is 16.0. The Kier molecular flexibility index (Phi) is 6.28. The molecule has 1 aliphatic heterocycles. The molecule has 0 radical (unpaired) electrons. The van der Waals surface area contributed by atoms with Gasteiger partial charge in [-0.1, -0.05) is 30.4 Å². The average Bonchev–Trinajstić information content (AvgIpc) is 3.18. The number of methoxy groups -OCH3 is 1. The van der Waals surface area contributed by atoms with Gasteiger partial charge in [-0.3, -0.25) is 0 Å². The fraction of sp³-hybridized carbons (Fsp3) is 0.667. The van der Waals surface area contributed by atoms with Crippen molar-refractivity contribution in [2.24, 2.45) is 5.92 Å². The molecule has 0 aromatic heterocycles. The number of aliphatic hydroxyl groups is 1. The lowest BCUT2D eigenvalue weighted by molar-refractivity contribution is -0.136. The number of esters is 1. The SMILES string of the molecule is C=C(C(=O)OC)[C@H]1CC/C(C)=C\CC[C@@](C)(O)/C=C/C[C@@]2(C)O[C@@H]2C1. The molecule has 0 bridgehead atoms. The largest absolute Gasteiger partial charge is 0.466 e. The Morgan fingerprint density at radius 3 is 2.84 bits per heavy atom. The van der Waals surface area contributed by atoms with Crippen LogP contribution in [0.3, 0.4) is 0 Å². The summed E-state index contributed by atoms with van der Waals surface area (Å²) in [7, 11) is 1.40. The first kappa shape index (κ1) is 19.9. The van der Waals surface area contributed by atoms with Crippen LogP contribution < -0.4 is 0 Å². The third kappa shape index (κ3) is 5.55. The van der Waals surface area contributed by atoms with E-state index in [1.165, 1.54) is 12.7 Å². The lowest BCUT2D eigenvalue weighted by Gasteiger charge is -2.20. The maximum Gasteiger partial charge on any atom is 0.333 e. The van der Waals surface area contributed by atoms with Crippen LogP contribution in [0.2, 0.25) is 0 Å². The lowest BCUT2D eigenvalue weighted by atomic mass is 9.85. The summed E-state index contributed by atoms with van der Waals surface area (Å²) in [5.41, 5.74) is 0.817. The van der Waals surface area contributed by atoms with E-state index in [1.54, 1.807) is 0 Å². The van der Waals surface area contributed by atoms with Crippen molar-refractivity contribution in [2.75, 3.05) is 7.11 Å². The van der Waals surface area contributed by atoms with Gasteiger partial charge in [-0.15, -0.1) is 0 Å². The maximum absolute atomic E-state index is 11.9. The van der Waals surface area contributed by atoms with Crippen LogP contribution in [0.5, 0.6) is 0 Å². The highest BCUT2D eigenvalue weighted by Crippen LogP contribution is 2.45. The number of hydrogen-bond donors (Lipinski definition) is 1. The predicted octanol–water partition coefficient (Wildman–Crippen LogP) is 4.10. The monoisotopic (exact) mass is 348 g/mol. The fourth-order valence-electron chi connectivity index (χ4n) is 3.50. The standard InChI is InChI=1S/C21H32O4/c1-15-8-6-11-20(3,23)12-7-13-21(4)18(25-21)14-17(10-9-15)16(2)19(22)24-5/h7-8,12,17-18,23H,2,6,9-11,13-14H2,1,3-5H3/b12-7+,15-8-/t17-,18+,20+,21+/m0/s1. The second kappa shape index (κ2) is 7.88. The van der Waals surface area contributed by atoms with Gasteiger partial charge in [-0.25, -0.2) is 4.79 Å². The second-order valence-electron chi connectivity index (χ2n) is 7.96. The van der Waals surface area contributed by atoms with Gasteiger partial charge in [0.25, 0.3) is 0 Å². The first-order chi connectivity index (χ1) is 11.7. The summed E-state index contributed by atoms with van der Waals surface area (Å²) < 4.78 is 10.8. The van der Waals surface area contributed by atoms with Gasteiger partial charge in [0.2, 0.25) is 0 Å². The Balaban J connectivity index is 2.15. The minimum atomic E-state index is -0.788. The van der Waals surface area contributed by atoms with Gasteiger partial charge in [0.15, 0.2) is 0 Å². The highest BCUT2D eigenvalue weighted by atomic mass is 16.6. The molecular formula is C21H32O4. The van der Waals surface area contributed by atoms with Gasteiger partial charge in [-0.2, -0.15) is 0 Å². The minimum absolute atomic E-state index is 0.0673. The molecule has 1 heterocycles. The molecule has 0 spiro atoms. The van der Waals surface area contributed by atoms with E-state index in [-0.39, 0.29) is 23.6 Å². The van der Waals surface area contributed by atoms with Gasteiger partial charge in [0, 0.05) is 5.57 Å². The average molecular weight is 348 g/mol. The van der Waals surface area contributed by atoms with Gasteiger partial charge in [0.1, 0.15) is 0 Å². The second-order valence-corrected chi connectivity index (χ2v) is 7.96. The molecule has 2 aliphatic rings. The highest BCUT2D eigenvalue weighted by Gasteiger charge is 2.52. The first-order valence-electron chi connectivity index (χ1n) is 9.17. The summed E-state index contributed by atoms with van der Waals surface area (Å²) >= 11 is 0. The van der Waals surface area contributed by atoms with Crippen LogP contribution in [0.1, 0.15) is 59.3 Å². The van der Waals surface area contributed by atoms with Crippen LogP contribution in [-0.2, 0) is 14.3 Å². The number of ether oxygens (including phenoxy) is 2. The van der Waals surface area contributed by atoms with Gasteiger partial charge in [-0.05, 0) is 65.2 Å². The van der Waals surface area contributed by atoms with Crippen molar-refractivity contribution in [1.29, 1.82) is 0 Å². The highest BCUT2D eigenvalue weighted by molar-refractivity contribution is 5.88. The molecule has 1 N–H and O–H groups in total. The Morgan fingerprint density at radius 2 is 2.16 bits per heavy atom. The molecule has 0 aromatic carbocycles. The molecule has 1 fully saturated rings. The van der Waals surface area contributed by atoms with E-state index < -0.39 is 5.60 Å². The number of carbonyl (C=O) groups is 1. The van der Waals surface area contributed by atoms with Crippen molar-refractivity contribution in [2.45, 2.75) is 76.6 Å². The number of allylic oxidation sites excluding steroid dienone is 2. The van der Waals surface area contributed by atoms with Crippen molar-refractivity contribution in [1.82, 2.24) is 0 Å². The quantitative estimate of drug-likeness (QED) is 0.353. The minimum Gasteiger partial charge on any atom is -0.466 e. The number of carbonyl (C=O) groups excluding carboxylic acids is 1. The molecule has 4 heteroatoms. The summed E-state index contributed by atoms with van der Waals surface area (Å²) in [5.74, 6) is -0.260. The number of rotatable bonds is 2. The molecule has 4 nitrogen and oxygen atoms in total. The molecule has 0 aromatic rings. The molecule has 0 saturated carbocycles. The molecule has 140 valence electrons. The van der Waals surface area contributed by atoms with E-state index in [1.807, 2.05) is 19.1 Å². The Bertz CT molecular complexity index is 572. The lowest BCUT2D eigenvalue weighted by Crippen LogP contribution is -2.21. The van der Waals surface area contributed by atoms with Gasteiger partial charge in [0.05, 0.1) is 24.4 Å². The number of hydrogen-bond acceptors (Lipinski definition) is 4. The molecule has 0 amide bonds. The third-order valence-corrected chi connectivity index (χ3v) is 5.50. The molecular weight excluding hydrogens is 316 g/mol. The van der Waals surface area contributed by atoms with E-state index in [2.05, 4.69) is 26.5 Å². The van der Waals surface area contributed by atoms with Gasteiger partial charge < -0.3 is 14.6 Å². The van der Waals surface area contributed by atoms with Crippen LogP contribution in [-0.4, -0.2) is 35.5 Å². The van der Waals surface area contributed by atoms with E-state index >= 15 is 0 Å². The summed E-state index contributed by atoms with van der Waals surface area (Å²) in [4.78, 5) is 11.9. The molecule has 1 aliphatic carbocycles. The molecule has 1 saturated heterocycles. The summed E-state index contributed by atoms with van der Waals surface area (Å²) in [6.07, 6.45) is 11.0. The van der Waals surface area contributed by atoms with Crippen molar-refractivity contribution in [3.05, 3.63) is 36.0 Å². The zero-order valence-electron chi connectivity index (χ0n) is 16.0. The molecule has 4 atom stereocenters. The number of epoxide rings is 1. The summed E-state index contributed by atoms with van der Waals surface area (Å²) in [6.45, 7) is 10.0. The Labute approximate surface area is 151 Å². The van der Waals surface area contributed by atoms with Crippen LogP contribution in [0.15, 0.2) is 36.0 Å². The van der Waals surface area contributed by atoms with Crippen molar-refractivity contribution in [3.8, 4) is 0 Å². The van der Waals surface area contributed by atoms with E-state index in [9.17, 15) is 9.90 Å². The van der Waals surface area contributed by atoms with E-state index in [0.717, 1.165) is 32.1 Å². The molecule has 2 rings (SSSR count). The van der Waals surface area contributed by atoms with E-state index in [0.29, 0.717) is 12.0 Å². The van der Waals surface area contributed by atoms with Crippen molar-refractivity contribution < 1.29 is 19.4 Å². The fourth-order valence-corrected chi connectivity index (χ4v) is 3.50. The van der Waals surface area contributed by atoms with E-state index in [4.69, 9.17) is 9.47 Å². The van der Waals surface area contributed by atoms with Crippen molar-refractivity contribution in [3.63, 3.8) is 0 Å². The van der Waals surface area contributed by atoms with Crippen LogP contribution in [0.25, 0.3) is 0 Å². The van der Waals surface area contributed by atoms with Crippen LogP contribution in [0.4, 0.5) is 0 Å². The topological polar surface area (TPSA) is 59.1 Å². The van der Waals surface area contributed by atoms with Crippen LogP contribution >= 0.6 is 0 Å². The predicted molar refractivity (Wildman–Crippen MR) is 99.1 cm³/mol. The van der Waals surface area contributed by atoms with Crippen molar-refractivity contribution >= 4 is 5.97 Å². The smallest absolute Gasteiger partial charge is 0.333 e. The number of fused-ring (bicyclic) bond motifs is 1. The normalized spacial score (nSPS) is 40.0. The van der Waals surface area contributed by atoms with Crippen LogP contribution in [0, 0.1) is 5.92 Å². The first-order valence-corrected chi connectivity index (χ1v) is 9.17. The maximum atomic E-state index is 11.9. The zero-order chi connectivity index (χ0) is 18.7. The third-order valence-electron chi connectivity index (χ3n) is 5.50. The summed E-state index contributed by atoms with van der Waals surface area (Å²) in [6, 6.07) is 0. The Morgan fingerprint density at radius 1 is 1.44 bits per heavy atom. The summed E-state index contributed by atoms with van der Waals surface area (Å²) in [5, 5.41) is 10.4. The molecule has 25 heavy (non-hydrogen) atoms. The molecule has 0 unspecified atom stereocenters. The Hall–Kier alpha value is -1.39. The van der Waals surface area contributed by atoms with Gasteiger partial charge >= 0.3 is 5.97 Å².